The quantitative estimate of drug-likeness (QED) is 0.873. The fourth-order valence-corrected chi connectivity index (χ4v) is 3.40. The monoisotopic (exact) mass is 337 g/mol. The first kappa shape index (κ1) is 17.4. The van der Waals surface area contributed by atoms with Crippen molar-refractivity contribution in [1.29, 1.82) is 0 Å². The minimum atomic E-state index is -0.576. The van der Waals surface area contributed by atoms with Gasteiger partial charge in [-0.15, -0.1) is 0 Å². The summed E-state index contributed by atoms with van der Waals surface area (Å²) in [6.45, 7) is 0. The Balaban J connectivity index is 1.57. The second kappa shape index (κ2) is 8.08. The summed E-state index contributed by atoms with van der Waals surface area (Å²) in [7, 11) is 0. The Bertz CT molecular complexity index is 714. The van der Waals surface area contributed by atoms with Crippen LogP contribution in [0.25, 0.3) is 0 Å². The molecule has 0 unspecified atom stereocenters. The van der Waals surface area contributed by atoms with E-state index in [0.717, 1.165) is 11.1 Å². The Morgan fingerprint density at radius 2 is 1.72 bits per heavy atom. The predicted molar refractivity (Wildman–Crippen MR) is 95.5 cm³/mol. The second-order valence-electron chi connectivity index (χ2n) is 6.44. The van der Waals surface area contributed by atoms with Crippen LogP contribution < -0.4 is 0 Å². The molecule has 0 saturated carbocycles. The molecule has 2 atom stereocenters. The maximum atomic E-state index is 12.6. The largest absolute Gasteiger partial charge is 0.388 e. The molecule has 1 fully saturated rings. The van der Waals surface area contributed by atoms with Gasteiger partial charge in [0.05, 0.1) is 12.1 Å². The lowest BCUT2D eigenvalue weighted by molar-refractivity contribution is -0.144. The lowest BCUT2D eigenvalue weighted by Gasteiger charge is -2.23. The van der Waals surface area contributed by atoms with Gasteiger partial charge < -0.3 is 5.11 Å². The maximum Gasteiger partial charge on any atom is 0.229 e. The summed E-state index contributed by atoms with van der Waals surface area (Å²) >= 11 is 0. The van der Waals surface area contributed by atoms with Crippen molar-refractivity contribution in [3.63, 3.8) is 0 Å². The van der Waals surface area contributed by atoms with Gasteiger partial charge in [0.15, 0.2) is 0 Å². The lowest BCUT2D eigenvalue weighted by Crippen LogP contribution is -2.34. The zero-order chi connectivity index (χ0) is 17.6. The van der Waals surface area contributed by atoms with Gasteiger partial charge >= 0.3 is 0 Å². The summed E-state index contributed by atoms with van der Waals surface area (Å²) < 4.78 is 0. The van der Waals surface area contributed by atoms with Crippen molar-refractivity contribution in [3.05, 3.63) is 71.8 Å². The highest BCUT2D eigenvalue weighted by Gasteiger charge is 2.36. The number of rotatable bonds is 6. The number of imide groups is 1. The van der Waals surface area contributed by atoms with Crippen molar-refractivity contribution in [2.45, 2.75) is 44.2 Å². The van der Waals surface area contributed by atoms with E-state index in [-0.39, 0.29) is 24.3 Å². The maximum absolute atomic E-state index is 12.6. The van der Waals surface area contributed by atoms with Crippen molar-refractivity contribution >= 4 is 11.8 Å². The molecule has 0 bridgehead atoms. The average molecular weight is 337 g/mol. The van der Waals surface area contributed by atoms with E-state index in [4.69, 9.17) is 0 Å². The summed E-state index contributed by atoms with van der Waals surface area (Å²) in [6.07, 6.45) is 1.86. The van der Waals surface area contributed by atoms with Gasteiger partial charge in [-0.3, -0.25) is 14.5 Å². The molecule has 0 aliphatic carbocycles. The second-order valence-corrected chi connectivity index (χ2v) is 6.44. The molecule has 2 aromatic carbocycles. The highest BCUT2D eigenvalue weighted by Crippen LogP contribution is 2.33. The number of aliphatic hydroxyl groups is 1. The van der Waals surface area contributed by atoms with Crippen LogP contribution in [0.4, 0.5) is 0 Å². The van der Waals surface area contributed by atoms with Gasteiger partial charge in [-0.1, -0.05) is 60.7 Å². The van der Waals surface area contributed by atoms with Gasteiger partial charge in [0.2, 0.25) is 11.8 Å². The molecule has 2 aromatic rings. The number of likely N-dealkylation sites (tertiary alicyclic amines) is 1. The Morgan fingerprint density at radius 3 is 2.40 bits per heavy atom. The summed E-state index contributed by atoms with van der Waals surface area (Å²) in [6, 6.07) is 19.0. The number of benzene rings is 2. The van der Waals surface area contributed by atoms with Crippen LogP contribution in [0.15, 0.2) is 60.7 Å². The number of carbonyl (C=O) groups is 2. The SMILES string of the molecule is O=C(CCC[C@H](O)c1ccccc1)N1C(=O)CC[C@@H]1c1ccccc1. The molecule has 1 aliphatic rings. The molecule has 0 radical (unpaired) electrons. The fraction of sp³-hybridized carbons (Fsp3) is 0.333. The molecule has 130 valence electrons. The van der Waals surface area contributed by atoms with Crippen LogP contribution in [0.5, 0.6) is 0 Å². The Kier molecular flexibility index (Phi) is 5.61. The number of amides is 2. The van der Waals surface area contributed by atoms with Crippen LogP contribution in [-0.2, 0) is 9.59 Å². The van der Waals surface area contributed by atoms with Crippen LogP contribution in [0.2, 0.25) is 0 Å². The first-order chi connectivity index (χ1) is 12.2. The van der Waals surface area contributed by atoms with Crippen molar-refractivity contribution in [2.75, 3.05) is 0 Å². The summed E-state index contributed by atoms with van der Waals surface area (Å²) in [5.41, 5.74) is 1.86. The van der Waals surface area contributed by atoms with Crippen molar-refractivity contribution in [1.82, 2.24) is 4.90 Å². The molecule has 2 amide bonds. The zero-order valence-corrected chi connectivity index (χ0v) is 14.2. The molecular formula is C21H23NO3. The topological polar surface area (TPSA) is 57.6 Å². The number of hydrogen-bond donors (Lipinski definition) is 1. The van der Waals surface area contributed by atoms with E-state index in [0.29, 0.717) is 25.7 Å². The van der Waals surface area contributed by atoms with E-state index in [1.807, 2.05) is 60.7 Å². The highest BCUT2D eigenvalue weighted by molar-refractivity contribution is 5.97. The van der Waals surface area contributed by atoms with Crippen LogP contribution in [0, 0.1) is 0 Å². The molecule has 4 heteroatoms. The van der Waals surface area contributed by atoms with Crippen LogP contribution >= 0.6 is 0 Å². The molecule has 4 nitrogen and oxygen atoms in total. The van der Waals surface area contributed by atoms with Gasteiger partial charge in [0.25, 0.3) is 0 Å². The Hall–Kier alpha value is -2.46. The molecule has 1 saturated heterocycles. The number of nitrogens with zero attached hydrogens (tertiary/aromatic N) is 1. The van der Waals surface area contributed by atoms with Gasteiger partial charge in [-0.25, -0.2) is 0 Å². The minimum absolute atomic E-state index is 0.0949. The third-order valence-corrected chi connectivity index (χ3v) is 4.72. The van der Waals surface area contributed by atoms with Gasteiger partial charge in [0, 0.05) is 12.8 Å². The van der Waals surface area contributed by atoms with E-state index in [1.54, 1.807) is 0 Å². The number of aliphatic hydroxyl groups excluding tert-OH is 1. The van der Waals surface area contributed by atoms with Gasteiger partial charge in [-0.05, 0) is 30.4 Å². The standard InChI is InChI=1S/C21H23NO3/c23-19(17-10-5-2-6-11-17)12-7-13-20(24)22-18(14-15-21(22)25)16-8-3-1-4-9-16/h1-6,8-11,18-19,23H,7,12-15H2/t18-,19+/m1/s1. The van der Waals surface area contributed by atoms with Crippen molar-refractivity contribution in [2.24, 2.45) is 0 Å². The van der Waals surface area contributed by atoms with Crippen molar-refractivity contribution in [3.8, 4) is 0 Å². The molecule has 0 spiro atoms. The van der Waals surface area contributed by atoms with Crippen LogP contribution in [0.1, 0.15) is 55.4 Å². The average Bonchev–Trinajstić information content (AvgIpc) is 3.04. The van der Waals surface area contributed by atoms with Crippen molar-refractivity contribution < 1.29 is 14.7 Å². The van der Waals surface area contributed by atoms with E-state index in [9.17, 15) is 14.7 Å². The number of hydrogen-bond acceptors (Lipinski definition) is 3. The smallest absolute Gasteiger partial charge is 0.229 e. The molecular weight excluding hydrogens is 314 g/mol. The molecule has 3 rings (SSSR count). The predicted octanol–water partition coefficient (Wildman–Crippen LogP) is 3.78. The zero-order valence-electron chi connectivity index (χ0n) is 14.2. The molecule has 0 aromatic heterocycles. The van der Waals surface area contributed by atoms with Crippen LogP contribution in [0.3, 0.4) is 0 Å². The minimum Gasteiger partial charge on any atom is -0.388 e. The van der Waals surface area contributed by atoms with Crippen LogP contribution in [-0.4, -0.2) is 21.8 Å². The third-order valence-electron chi connectivity index (χ3n) is 4.72. The van der Waals surface area contributed by atoms with E-state index in [2.05, 4.69) is 0 Å². The van der Waals surface area contributed by atoms with Gasteiger partial charge in [-0.2, -0.15) is 0 Å². The fourth-order valence-electron chi connectivity index (χ4n) is 3.40. The number of carbonyl (C=O) groups excluding carboxylic acids is 2. The summed E-state index contributed by atoms with van der Waals surface area (Å²) in [5, 5.41) is 10.2. The third kappa shape index (κ3) is 4.15. The lowest BCUT2D eigenvalue weighted by atomic mass is 10.0. The molecule has 1 heterocycles. The van der Waals surface area contributed by atoms with E-state index < -0.39 is 6.10 Å². The van der Waals surface area contributed by atoms with E-state index in [1.165, 1.54) is 4.90 Å². The first-order valence-electron chi connectivity index (χ1n) is 8.79. The van der Waals surface area contributed by atoms with Gasteiger partial charge in [0.1, 0.15) is 0 Å². The molecule has 25 heavy (non-hydrogen) atoms. The Morgan fingerprint density at radius 1 is 1.08 bits per heavy atom. The molecule has 1 N–H and O–H groups in total. The van der Waals surface area contributed by atoms with E-state index >= 15 is 0 Å². The molecule has 1 aliphatic heterocycles. The summed E-state index contributed by atoms with van der Waals surface area (Å²) in [5.74, 6) is -0.237. The Labute approximate surface area is 148 Å². The normalized spacial score (nSPS) is 18.4. The highest BCUT2D eigenvalue weighted by atomic mass is 16.3. The first-order valence-corrected chi connectivity index (χ1v) is 8.79. The summed E-state index contributed by atoms with van der Waals surface area (Å²) in [4.78, 5) is 26.2.